The number of H-pyrrole nitrogens is 1. The molecule has 0 saturated heterocycles. The fraction of sp³-hybridized carbons (Fsp3) is 0.150. The molecular formula is C20H17N5O4S. The highest BCUT2D eigenvalue weighted by Crippen LogP contribution is 2.27. The molecule has 0 saturated carbocycles. The second-order valence-electron chi connectivity index (χ2n) is 6.62. The standard InChI is InChI=1S/C20H17N5O4S/c26-16-8-11-5-6-14(9-15(11)22-16)21-19(29)13-4-2-1-3-12(7-13)18-23-20(25-24-18)30-10-17(27)28/h1-2,4-7,9H,3,8,10H2,(H,21,29)(H,22,26)(H,27,28)(H,23,24,25). The largest absolute Gasteiger partial charge is 0.481 e. The number of benzene rings is 1. The summed E-state index contributed by atoms with van der Waals surface area (Å²) >= 11 is 1.02. The minimum atomic E-state index is -0.948. The number of carbonyl (C=O) groups excluding carboxylic acids is 2. The number of allylic oxidation sites excluding steroid dienone is 4. The van der Waals surface area contributed by atoms with Gasteiger partial charge in [0.05, 0.1) is 12.2 Å². The summed E-state index contributed by atoms with van der Waals surface area (Å²) in [5, 5.41) is 21.5. The molecule has 1 aliphatic heterocycles. The highest BCUT2D eigenvalue weighted by atomic mass is 32.2. The molecule has 0 atom stereocenters. The lowest BCUT2D eigenvalue weighted by atomic mass is 10.1. The van der Waals surface area contributed by atoms with E-state index in [-0.39, 0.29) is 17.6 Å². The molecule has 0 spiro atoms. The summed E-state index contributed by atoms with van der Waals surface area (Å²) in [4.78, 5) is 39.3. The molecule has 152 valence electrons. The number of thioether (sulfide) groups is 1. The smallest absolute Gasteiger partial charge is 0.313 e. The normalized spacial score (nSPS) is 15.0. The van der Waals surface area contributed by atoms with Gasteiger partial charge in [0.1, 0.15) is 0 Å². The van der Waals surface area contributed by atoms with Crippen molar-refractivity contribution in [1.29, 1.82) is 0 Å². The number of aromatic amines is 1. The van der Waals surface area contributed by atoms with Crippen LogP contribution in [0.25, 0.3) is 5.57 Å². The SMILES string of the molecule is O=C(O)CSc1n[nH]c(C2=CC(C(=O)Nc3ccc4c(c3)NC(=O)C4)=CC=CC2)n1. The van der Waals surface area contributed by atoms with Crippen molar-refractivity contribution in [2.75, 3.05) is 16.4 Å². The minimum absolute atomic E-state index is 0.0643. The Morgan fingerprint density at radius 3 is 3.00 bits per heavy atom. The maximum Gasteiger partial charge on any atom is 0.313 e. The van der Waals surface area contributed by atoms with Crippen molar-refractivity contribution in [2.45, 2.75) is 18.0 Å². The molecule has 2 aliphatic rings. The molecule has 0 fully saturated rings. The van der Waals surface area contributed by atoms with Crippen molar-refractivity contribution in [3.05, 3.63) is 59.5 Å². The summed E-state index contributed by atoms with van der Waals surface area (Å²) in [5.74, 6) is -0.969. The molecule has 9 nitrogen and oxygen atoms in total. The molecule has 4 N–H and O–H groups in total. The van der Waals surface area contributed by atoms with E-state index in [0.29, 0.717) is 40.8 Å². The first kappa shape index (κ1) is 19.6. The van der Waals surface area contributed by atoms with Gasteiger partial charge in [-0.3, -0.25) is 19.5 Å². The van der Waals surface area contributed by atoms with Gasteiger partial charge in [-0.1, -0.05) is 30.0 Å². The van der Waals surface area contributed by atoms with Crippen LogP contribution in [0, 0.1) is 0 Å². The number of fused-ring (bicyclic) bond motifs is 1. The van der Waals surface area contributed by atoms with Crippen molar-refractivity contribution in [1.82, 2.24) is 15.2 Å². The zero-order chi connectivity index (χ0) is 21.1. The van der Waals surface area contributed by atoms with Crippen LogP contribution in [0.4, 0.5) is 11.4 Å². The highest BCUT2D eigenvalue weighted by Gasteiger charge is 2.19. The summed E-state index contributed by atoms with van der Waals surface area (Å²) in [6, 6.07) is 5.31. The number of carboxylic acids is 1. The summed E-state index contributed by atoms with van der Waals surface area (Å²) < 4.78 is 0. The van der Waals surface area contributed by atoms with Gasteiger partial charge in [0.2, 0.25) is 11.1 Å². The topological polar surface area (TPSA) is 137 Å². The molecule has 2 aromatic rings. The van der Waals surface area contributed by atoms with E-state index in [4.69, 9.17) is 5.11 Å². The molecule has 0 radical (unpaired) electrons. The maximum absolute atomic E-state index is 12.8. The highest BCUT2D eigenvalue weighted by molar-refractivity contribution is 7.99. The van der Waals surface area contributed by atoms with Crippen LogP contribution in [0.1, 0.15) is 17.8 Å². The Kier molecular flexibility index (Phi) is 5.48. The number of aliphatic carboxylic acids is 1. The summed E-state index contributed by atoms with van der Waals surface area (Å²) in [6.45, 7) is 0. The van der Waals surface area contributed by atoms with Crippen molar-refractivity contribution < 1.29 is 19.5 Å². The Balaban J connectivity index is 1.49. The average Bonchev–Trinajstić information content (AvgIpc) is 3.24. The van der Waals surface area contributed by atoms with Crippen LogP contribution in [-0.2, 0) is 20.8 Å². The van der Waals surface area contributed by atoms with Crippen molar-refractivity contribution in [3.63, 3.8) is 0 Å². The Morgan fingerprint density at radius 1 is 1.30 bits per heavy atom. The van der Waals surface area contributed by atoms with Crippen molar-refractivity contribution in [3.8, 4) is 0 Å². The van der Waals surface area contributed by atoms with Crippen LogP contribution in [0.5, 0.6) is 0 Å². The van der Waals surface area contributed by atoms with Gasteiger partial charge >= 0.3 is 5.97 Å². The van der Waals surface area contributed by atoms with Gasteiger partial charge in [-0.05, 0) is 36.3 Å². The summed E-state index contributed by atoms with van der Waals surface area (Å²) in [6.07, 6.45) is 7.98. The number of nitrogens with one attached hydrogen (secondary N) is 3. The first-order valence-electron chi connectivity index (χ1n) is 9.07. The van der Waals surface area contributed by atoms with E-state index in [1.54, 1.807) is 30.4 Å². The van der Waals surface area contributed by atoms with Crippen LogP contribution >= 0.6 is 11.8 Å². The van der Waals surface area contributed by atoms with Gasteiger partial charge < -0.3 is 15.7 Å². The monoisotopic (exact) mass is 423 g/mol. The lowest BCUT2D eigenvalue weighted by molar-refractivity contribution is -0.134. The Bertz CT molecular complexity index is 1130. The number of nitrogens with zero attached hydrogens (tertiary/aromatic N) is 2. The predicted octanol–water partition coefficient (Wildman–Crippen LogP) is 2.38. The number of anilines is 2. The number of hydrogen-bond acceptors (Lipinski definition) is 6. The minimum Gasteiger partial charge on any atom is -0.481 e. The van der Waals surface area contributed by atoms with Gasteiger partial charge in [0.15, 0.2) is 5.82 Å². The van der Waals surface area contributed by atoms with Gasteiger partial charge in [0, 0.05) is 22.5 Å². The second-order valence-corrected chi connectivity index (χ2v) is 7.57. The first-order chi connectivity index (χ1) is 14.5. The Hall–Kier alpha value is -3.66. The van der Waals surface area contributed by atoms with Gasteiger partial charge in [-0.25, -0.2) is 4.98 Å². The molecule has 30 heavy (non-hydrogen) atoms. The molecule has 0 bridgehead atoms. The quantitative estimate of drug-likeness (QED) is 0.524. The van der Waals surface area contributed by atoms with E-state index in [2.05, 4.69) is 25.8 Å². The fourth-order valence-corrected chi connectivity index (χ4v) is 3.56. The Morgan fingerprint density at radius 2 is 2.17 bits per heavy atom. The van der Waals surface area contributed by atoms with Crippen molar-refractivity contribution in [2.24, 2.45) is 0 Å². The van der Waals surface area contributed by atoms with Gasteiger partial charge in [-0.2, -0.15) is 0 Å². The molecule has 10 heteroatoms. The lowest BCUT2D eigenvalue weighted by Gasteiger charge is -2.08. The number of rotatable bonds is 6. The lowest BCUT2D eigenvalue weighted by Crippen LogP contribution is -2.13. The molecule has 0 unspecified atom stereocenters. The third-order valence-corrected chi connectivity index (χ3v) is 5.26. The van der Waals surface area contributed by atoms with Crippen LogP contribution in [0.3, 0.4) is 0 Å². The van der Waals surface area contributed by atoms with Crippen LogP contribution < -0.4 is 10.6 Å². The summed E-state index contributed by atoms with van der Waals surface area (Å²) in [5.41, 5.74) is 3.37. The third kappa shape index (κ3) is 4.49. The van der Waals surface area contributed by atoms with Crippen LogP contribution in [0.2, 0.25) is 0 Å². The maximum atomic E-state index is 12.8. The first-order valence-corrected chi connectivity index (χ1v) is 10.1. The predicted molar refractivity (Wildman–Crippen MR) is 112 cm³/mol. The van der Waals surface area contributed by atoms with Crippen molar-refractivity contribution >= 4 is 46.5 Å². The van der Waals surface area contributed by atoms with Crippen LogP contribution in [0.15, 0.2) is 53.2 Å². The molecule has 1 aromatic carbocycles. The number of carboxylic acid groups (broad SMARTS) is 1. The molecule has 2 heterocycles. The number of amides is 2. The molecular weight excluding hydrogens is 406 g/mol. The number of aromatic nitrogens is 3. The molecule has 2 amide bonds. The van der Waals surface area contributed by atoms with E-state index in [1.807, 2.05) is 12.1 Å². The average molecular weight is 423 g/mol. The van der Waals surface area contributed by atoms with E-state index in [9.17, 15) is 14.4 Å². The second kappa shape index (κ2) is 8.37. The zero-order valence-corrected chi connectivity index (χ0v) is 16.5. The third-order valence-electron chi connectivity index (χ3n) is 4.43. The van der Waals surface area contributed by atoms with Gasteiger partial charge in [0.25, 0.3) is 5.91 Å². The van der Waals surface area contributed by atoms with Crippen LogP contribution in [-0.4, -0.2) is 43.8 Å². The number of carbonyl (C=O) groups is 3. The zero-order valence-electron chi connectivity index (χ0n) is 15.6. The van der Waals surface area contributed by atoms with E-state index < -0.39 is 5.97 Å². The molecule has 1 aliphatic carbocycles. The molecule has 4 rings (SSSR count). The van der Waals surface area contributed by atoms with E-state index in [0.717, 1.165) is 22.9 Å². The molecule has 1 aromatic heterocycles. The van der Waals surface area contributed by atoms with E-state index >= 15 is 0 Å². The summed E-state index contributed by atoms with van der Waals surface area (Å²) in [7, 11) is 0. The fourth-order valence-electron chi connectivity index (χ4n) is 3.04. The van der Waals surface area contributed by atoms with E-state index in [1.165, 1.54) is 0 Å². The Labute approximate surface area is 175 Å². The number of hydrogen-bond donors (Lipinski definition) is 4. The van der Waals surface area contributed by atoms with Gasteiger partial charge in [-0.15, -0.1) is 5.10 Å².